The number of hydrogen-bond acceptors (Lipinski definition) is 4. The van der Waals surface area contributed by atoms with Gasteiger partial charge < -0.3 is 20.7 Å². The van der Waals surface area contributed by atoms with Crippen molar-refractivity contribution in [1.29, 1.82) is 0 Å². The van der Waals surface area contributed by atoms with Gasteiger partial charge in [0.2, 0.25) is 11.8 Å². The van der Waals surface area contributed by atoms with E-state index in [9.17, 15) is 9.59 Å². The van der Waals surface area contributed by atoms with Gasteiger partial charge in [0.15, 0.2) is 0 Å². The smallest absolute Gasteiger partial charge is 0.225 e. The molecule has 7 heteroatoms. The second-order valence-electron chi connectivity index (χ2n) is 6.92. The number of methoxy groups -OCH3 is 1. The minimum absolute atomic E-state index is 0. The number of nitrogens with two attached hydrogens (primary N) is 1. The zero-order valence-electron chi connectivity index (χ0n) is 16.4. The summed E-state index contributed by atoms with van der Waals surface area (Å²) in [5, 5.41) is 2.99. The lowest BCUT2D eigenvalue weighted by Gasteiger charge is -2.41. The highest BCUT2D eigenvalue weighted by atomic mass is 35.5. The summed E-state index contributed by atoms with van der Waals surface area (Å²) < 4.78 is 5.53. The van der Waals surface area contributed by atoms with E-state index >= 15 is 0 Å². The number of carbonyl (C=O) groups excluding carboxylic acids is 2. The van der Waals surface area contributed by atoms with Crippen LogP contribution in [0.25, 0.3) is 0 Å². The maximum atomic E-state index is 12.9. The molecule has 2 amide bonds. The predicted molar refractivity (Wildman–Crippen MR) is 109 cm³/mol. The van der Waals surface area contributed by atoms with Crippen LogP contribution in [0.3, 0.4) is 0 Å². The Balaban J connectivity index is 0.00000364. The van der Waals surface area contributed by atoms with Crippen LogP contribution in [0.15, 0.2) is 24.3 Å². The Bertz CT molecular complexity index is 626. The Morgan fingerprint density at radius 2 is 2.11 bits per heavy atom. The number of unbranched alkanes of at least 4 members (excludes halogenated alkanes) is 1. The van der Waals surface area contributed by atoms with Crippen molar-refractivity contribution < 1.29 is 14.3 Å². The van der Waals surface area contributed by atoms with Crippen LogP contribution in [0.5, 0.6) is 5.75 Å². The van der Waals surface area contributed by atoms with Crippen LogP contribution in [0, 0.1) is 5.92 Å². The number of ether oxygens (including phenoxy) is 1. The summed E-state index contributed by atoms with van der Waals surface area (Å²) in [4.78, 5) is 27.5. The maximum Gasteiger partial charge on any atom is 0.225 e. The number of benzene rings is 1. The van der Waals surface area contributed by atoms with Crippen molar-refractivity contribution in [2.45, 2.75) is 51.6 Å². The number of likely N-dealkylation sites (tertiary alicyclic amines) is 1. The first-order valence-corrected chi connectivity index (χ1v) is 9.46. The number of amides is 2. The first-order valence-electron chi connectivity index (χ1n) is 9.46. The molecule has 0 saturated carbocycles. The third-order valence-corrected chi connectivity index (χ3v) is 5.00. The molecule has 0 aliphatic carbocycles. The molecule has 1 aliphatic rings. The topological polar surface area (TPSA) is 84.7 Å². The summed E-state index contributed by atoms with van der Waals surface area (Å²) >= 11 is 0. The molecule has 0 aromatic heterocycles. The molecule has 3 N–H and O–H groups in total. The number of para-hydroxylation sites is 1. The molecular formula is C20H32ClN3O3. The van der Waals surface area contributed by atoms with Crippen molar-refractivity contribution >= 4 is 24.2 Å². The van der Waals surface area contributed by atoms with E-state index in [1.807, 2.05) is 36.1 Å². The molecule has 2 unspecified atom stereocenters. The summed E-state index contributed by atoms with van der Waals surface area (Å²) in [5.41, 5.74) is 6.55. The summed E-state index contributed by atoms with van der Waals surface area (Å²) in [6, 6.07) is 7.24. The number of nitrogens with one attached hydrogen (secondary N) is 1. The molecule has 27 heavy (non-hydrogen) atoms. The maximum absolute atomic E-state index is 12.9. The number of halogens is 1. The lowest BCUT2D eigenvalue weighted by atomic mass is 9.82. The summed E-state index contributed by atoms with van der Waals surface area (Å²) in [7, 11) is 1.62. The Hall–Kier alpha value is -1.79. The van der Waals surface area contributed by atoms with Gasteiger partial charge in [-0.3, -0.25) is 9.59 Å². The largest absolute Gasteiger partial charge is 0.496 e. The van der Waals surface area contributed by atoms with Gasteiger partial charge in [-0.1, -0.05) is 31.5 Å². The minimum atomic E-state index is -0.316. The fourth-order valence-corrected chi connectivity index (χ4v) is 3.52. The van der Waals surface area contributed by atoms with E-state index in [0.29, 0.717) is 31.7 Å². The van der Waals surface area contributed by atoms with Gasteiger partial charge in [-0.15, -0.1) is 12.4 Å². The number of carbonyl (C=O) groups is 2. The predicted octanol–water partition coefficient (Wildman–Crippen LogP) is 2.66. The molecule has 0 radical (unpaired) electrons. The quantitative estimate of drug-likeness (QED) is 0.706. The van der Waals surface area contributed by atoms with E-state index in [2.05, 4.69) is 12.2 Å². The fraction of sp³-hybridized carbons (Fsp3) is 0.600. The standard InChI is InChI=1S/C20H31N3O3.ClH/c1-4-5-12-23-18(24)11-10-16(20(25)22-14(2)13-21)19(23)15-8-6-7-9-17(15)26-3;/h6-9,14,16,19H,4-5,10-13,21H2,1-3H3,(H,22,25);1H/t14-,16?,19?;/m0./s1. The molecule has 0 bridgehead atoms. The minimum Gasteiger partial charge on any atom is -0.496 e. The van der Waals surface area contributed by atoms with Crippen LogP contribution in [0.4, 0.5) is 0 Å². The van der Waals surface area contributed by atoms with E-state index in [4.69, 9.17) is 10.5 Å². The highest BCUT2D eigenvalue weighted by Gasteiger charge is 2.41. The van der Waals surface area contributed by atoms with Crippen molar-refractivity contribution in [2.24, 2.45) is 11.7 Å². The summed E-state index contributed by atoms with van der Waals surface area (Å²) in [6.07, 6.45) is 2.83. The molecule has 3 atom stereocenters. The molecule has 6 nitrogen and oxygen atoms in total. The average Bonchev–Trinajstić information content (AvgIpc) is 2.66. The zero-order valence-corrected chi connectivity index (χ0v) is 17.3. The third-order valence-electron chi connectivity index (χ3n) is 5.00. The van der Waals surface area contributed by atoms with Crippen molar-refractivity contribution in [3.05, 3.63) is 29.8 Å². The molecule has 1 fully saturated rings. The van der Waals surface area contributed by atoms with Crippen molar-refractivity contribution in [2.75, 3.05) is 20.2 Å². The SMILES string of the molecule is CCCCN1C(=O)CCC(C(=O)N[C@@H](C)CN)C1c1ccccc1OC.Cl. The lowest BCUT2D eigenvalue weighted by Crippen LogP contribution is -2.50. The van der Waals surface area contributed by atoms with Crippen molar-refractivity contribution in [3.8, 4) is 5.75 Å². The molecule has 0 spiro atoms. The second kappa shape index (κ2) is 11.1. The number of hydrogen-bond donors (Lipinski definition) is 2. The van der Waals surface area contributed by atoms with Crippen LogP contribution in [-0.2, 0) is 9.59 Å². The first kappa shape index (κ1) is 23.2. The summed E-state index contributed by atoms with van der Waals surface area (Å²) in [6.45, 7) is 5.02. The average molecular weight is 398 g/mol. The van der Waals surface area contributed by atoms with Gasteiger partial charge in [0.05, 0.1) is 19.1 Å². The normalized spacial score (nSPS) is 20.6. The second-order valence-corrected chi connectivity index (χ2v) is 6.92. The Morgan fingerprint density at radius 3 is 2.74 bits per heavy atom. The van der Waals surface area contributed by atoms with Crippen LogP contribution in [0.1, 0.15) is 51.1 Å². The lowest BCUT2D eigenvalue weighted by molar-refractivity contribution is -0.143. The molecular weight excluding hydrogens is 366 g/mol. The Labute approximate surface area is 168 Å². The van der Waals surface area contributed by atoms with E-state index < -0.39 is 0 Å². The van der Waals surface area contributed by atoms with Crippen LogP contribution >= 0.6 is 12.4 Å². The molecule has 2 rings (SSSR count). The van der Waals surface area contributed by atoms with E-state index in [1.54, 1.807) is 7.11 Å². The Kier molecular flexibility index (Phi) is 9.60. The van der Waals surface area contributed by atoms with Gasteiger partial charge in [-0.2, -0.15) is 0 Å². The number of rotatable bonds is 8. The van der Waals surface area contributed by atoms with Gasteiger partial charge in [-0.25, -0.2) is 0 Å². The van der Waals surface area contributed by atoms with Crippen LogP contribution < -0.4 is 15.8 Å². The molecule has 1 aromatic rings. The van der Waals surface area contributed by atoms with Gasteiger partial charge in [0.25, 0.3) is 0 Å². The number of nitrogens with zero attached hydrogens (tertiary/aromatic N) is 1. The van der Waals surface area contributed by atoms with Crippen molar-refractivity contribution in [1.82, 2.24) is 10.2 Å². The van der Waals surface area contributed by atoms with Gasteiger partial charge in [0, 0.05) is 31.1 Å². The molecule has 1 aliphatic heterocycles. The number of piperidine rings is 1. The fourth-order valence-electron chi connectivity index (χ4n) is 3.52. The molecule has 1 aromatic carbocycles. The van der Waals surface area contributed by atoms with Gasteiger partial charge in [-0.05, 0) is 25.8 Å². The van der Waals surface area contributed by atoms with Crippen LogP contribution in [-0.4, -0.2) is 43.0 Å². The van der Waals surface area contributed by atoms with Gasteiger partial charge >= 0.3 is 0 Å². The third kappa shape index (κ3) is 5.59. The van der Waals surface area contributed by atoms with Gasteiger partial charge in [0.1, 0.15) is 5.75 Å². The van der Waals surface area contributed by atoms with Crippen LogP contribution in [0.2, 0.25) is 0 Å². The zero-order chi connectivity index (χ0) is 19.1. The Morgan fingerprint density at radius 1 is 1.41 bits per heavy atom. The van der Waals surface area contributed by atoms with E-state index in [0.717, 1.165) is 18.4 Å². The molecule has 1 saturated heterocycles. The summed E-state index contributed by atoms with van der Waals surface area (Å²) in [5.74, 6) is 0.450. The molecule has 152 valence electrons. The van der Waals surface area contributed by atoms with E-state index in [-0.39, 0.29) is 42.2 Å². The monoisotopic (exact) mass is 397 g/mol. The highest BCUT2D eigenvalue weighted by Crippen LogP contribution is 2.40. The first-order chi connectivity index (χ1) is 12.5. The highest BCUT2D eigenvalue weighted by molar-refractivity contribution is 5.86. The van der Waals surface area contributed by atoms with Crippen molar-refractivity contribution in [3.63, 3.8) is 0 Å². The van der Waals surface area contributed by atoms with E-state index in [1.165, 1.54) is 0 Å². The molecule has 1 heterocycles.